The molecule has 0 amide bonds. The van der Waals surface area contributed by atoms with Gasteiger partial charge in [-0.1, -0.05) is 31.2 Å². The van der Waals surface area contributed by atoms with Crippen LogP contribution in [-0.4, -0.2) is 11.1 Å². The monoisotopic (exact) mass is 214 g/mol. The fraction of sp³-hybridized carbons (Fsp3) is 0.286. The van der Waals surface area contributed by atoms with Gasteiger partial charge in [0, 0.05) is 18.9 Å². The average Bonchev–Trinajstić information content (AvgIpc) is 2.85. The van der Waals surface area contributed by atoms with Gasteiger partial charge in [-0.05, 0) is 29.7 Å². The third kappa shape index (κ3) is 2.17. The molecule has 0 saturated heterocycles. The molecule has 0 spiro atoms. The second-order valence-electron chi connectivity index (χ2n) is 3.98. The second-order valence-corrected chi connectivity index (χ2v) is 3.98. The summed E-state index contributed by atoms with van der Waals surface area (Å²) in [6.45, 7) is 2.79. The molecule has 0 fully saturated rings. The van der Waals surface area contributed by atoms with E-state index >= 15 is 0 Å². The van der Waals surface area contributed by atoms with E-state index in [2.05, 4.69) is 48.1 Å². The zero-order valence-corrected chi connectivity index (χ0v) is 9.63. The average molecular weight is 214 g/mol. The minimum atomic E-state index is 0.251. The normalized spacial score (nSPS) is 12.6. The molecule has 1 unspecified atom stereocenters. The highest BCUT2D eigenvalue weighted by Crippen LogP contribution is 2.18. The molecule has 0 radical (unpaired) electrons. The third-order valence-corrected chi connectivity index (χ3v) is 2.98. The van der Waals surface area contributed by atoms with Crippen LogP contribution in [0.3, 0.4) is 0 Å². The molecule has 16 heavy (non-hydrogen) atoms. The lowest BCUT2D eigenvalue weighted by Gasteiger charge is -2.17. The Morgan fingerprint density at radius 3 is 2.25 bits per heavy atom. The molecule has 2 N–H and O–H groups in total. The molecule has 0 aliphatic rings. The van der Waals surface area contributed by atoms with Crippen LogP contribution in [0.4, 0.5) is 0 Å². The molecule has 0 aliphatic carbocycles. The van der Waals surface area contributed by atoms with Crippen molar-refractivity contribution in [3.63, 3.8) is 0 Å². The third-order valence-electron chi connectivity index (χ3n) is 2.98. The Morgan fingerprint density at radius 2 is 1.75 bits per heavy atom. The van der Waals surface area contributed by atoms with Crippen molar-refractivity contribution in [3.05, 3.63) is 59.9 Å². The predicted molar refractivity (Wildman–Crippen MR) is 67.4 cm³/mol. The van der Waals surface area contributed by atoms with Gasteiger partial charge < -0.3 is 10.3 Å². The van der Waals surface area contributed by atoms with Gasteiger partial charge in [0.1, 0.15) is 0 Å². The summed E-state index contributed by atoms with van der Waals surface area (Å²) in [5, 5.41) is 0. The van der Waals surface area contributed by atoms with Gasteiger partial charge in [-0.2, -0.15) is 0 Å². The molecule has 2 heteroatoms. The minimum Gasteiger partial charge on any atom is -0.346 e. The maximum atomic E-state index is 5.85. The van der Waals surface area contributed by atoms with Crippen LogP contribution in [0.2, 0.25) is 0 Å². The molecule has 1 atom stereocenters. The van der Waals surface area contributed by atoms with E-state index in [0.717, 1.165) is 6.42 Å². The van der Waals surface area contributed by atoms with Crippen LogP contribution in [0.15, 0.2) is 48.8 Å². The largest absolute Gasteiger partial charge is 0.346 e. The number of hydrogen-bond donors (Lipinski definition) is 1. The van der Waals surface area contributed by atoms with E-state index in [1.165, 1.54) is 11.1 Å². The summed E-state index contributed by atoms with van der Waals surface area (Å²) in [5.41, 5.74) is 8.49. The van der Waals surface area contributed by atoms with Crippen LogP contribution in [0.5, 0.6) is 0 Å². The van der Waals surface area contributed by atoms with Crippen LogP contribution >= 0.6 is 0 Å². The van der Waals surface area contributed by atoms with Crippen LogP contribution < -0.4 is 5.73 Å². The van der Waals surface area contributed by atoms with Crippen LogP contribution in [0.25, 0.3) is 0 Å². The molecule has 0 aliphatic heterocycles. The smallest absolute Gasteiger partial charge is 0.0702 e. The van der Waals surface area contributed by atoms with Gasteiger partial charge in [0.25, 0.3) is 0 Å². The summed E-state index contributed by atoms with van der Waals surface area (Å²) < 4.78 is 2.15. The molecule has 2 nitrogen and oxygen atoms in total. The second kappa shape index (κ2) is 4.99. The van der Waals surface area contributed by atoms with Gasteiger partial charge in [0.15, 0.2) is 0 Å². The van der Waals surface area contributed by atoms with E-state index in [1.54, 1.807) is 0 Å². The SMILES string of the molecule is CCc1ccc(C(CN)n2cccc2)cc1. The number of nitrogens with two attached hydrogens (primary N) is 1. The fourth-order valence-electron chi connectivity index (χ4n) is 1.96. The van der Waals surface area contributed by atoms with E-state index < -0.39 is 0 Å². The first-order valence-electron chi connectivity index (χ1n) is 5.76. The van der Waals surface area contributed by atoms with E-state index in [1.807, 2.05) is 12.1 Å². The number of hydrogen-bond acceptors (Lipinski definition) is 1. The maximum Gasteiger partial charge on any atom is 0.0702 e. The fourth-order valence-corrected chi connectivity index (χ4v) is 1.96. The topological polar surface area (TPSA) is 30.9 Å². The summed E-state index contributed by atoms with van der Waals surface area (Å²) >= 11 is 0. The number of benzene rings is 1. The summed E-state index contributed by atoms with van der Waals surface area (Å²) in [7, 11) is 0. The van der Waals surface area contributed by atoms with Crippen molar-refractivity contribution in [1.29, 1.82) is 0 Å². The summed E-state index contributed by atoms with van der Waals surface area (Å²) in [4.78, 5) is 0. The molecule has 0 bridgehead atoms. The lowest BCUT2D eigenvalue weighted by Crippen LogP contribution is -2.19. The molecule has 1 aromatic heterocycles. The molecular formula is C14H18N2. The van der Waals surface area contributed by atoms with Crippen LogP contribution in [0.1, 0.15) is 24.1 Å². The highest BCUT2D eigenvalue weighted by molar-refractivity contribution is 5.26. The Hall–Kier alpha value is -1.54. The molecule has 0 saturated carbocycles. The lowest BCUT2D eigenvalue weighted by molar-refractivity contribution is 0.597. The Bertz CT molecular complexity index is 415. The first kappa shape index (κ1) is 11.0. The molecule has 2 aromatic rings. The van der Waals surface area contributed by atoms with E-state index in [9.17, 15) is 0 Å². The first-order valence-corrected chi connectivity index (χ1v) is 5.76. The van der Waals surface area contributed by atoms with E-state index in [4.69, 9.17) is 5.73 Å². The van der Waals surface area contributed by atoms with Crippen molar-refractivity contribution < 1.29 is 0 Å². The first-order chi connectivity index (χ1) is 7.85. The Morgan fingerprint density at radius 1 is 1.12 bits per heavy atom. The van der Waals surface area contributed by atoms with Crippen LogP contribution in [-0.2, 0) is 6.42 Å². The Kier molecular flexibility index (Phi) is 3.42. The van der Waals surface area contributed by atoms with Crippen molar-refractivity contribution in [1.82, 2.24) is 4.57 Å². The van der Waals surface area contributed by atoms with Crippen molar-refractivity contribution in [2.45, 2.75) is 19.4 Å². The number of nitrogens with zero attached hydrogens (tertiary/aromatic N) is 1. The van der Waals surface area contributed by atoms with Gasteiger partial charge in [0.05, 0.1) is 6.04 Å². The zero-order valence-electron chi connectivity index (χ0n) is 9.63. The molecule has 1 heterocycles. The Labute approximate surface area is 96.7 Å². The summed E-state index contributed by atoms with van der Waals surface area (Å²) in [5.74, 6) is 0. The van der Waals surface area contributed by atoms with Crippen molar-refractivity contribution in [3.8, 4) is 0 Å². The van der Waals surface area contributed by atoms with Gasteiger partial charge in [0.2, 0.25) is 0 Å². The molecule has 84 valence electrons. The predicted octanol–water partition coefficient (Wildman–Crippen LogP) is 2.60. The van der Waals surface area contributed by atoms with Gasteiger partial charge in [-0.3, -0.25) is 0 Å². The van der Waals surface area contributed by atoms with Gasteiger partial charge in [-0.15, -0.1) is 0 Å². The quantitative estimate of drug-likeness (QED) is 0.833. The van der Waals surface area contributed by atoms with Crippen molar-refractivity contribution in [2.24, 2.45) is 5.73 Å². The Balaban J connectivity index is 2.27. The molecular weight excluding hydrogens is 196 g/mol. The lowest BCUT2D eigenvalue weighted by atomic mass is 10.0. The van der Waals surface area contributed by atoms with E-state index in [-0.39, 0.29) is 6.04 Å². The van der Waals surface area contributed by atoms with Crippen LogP contribution in [0, 0.1) is 0 Å². The highest BCUT2D eigenvalue weighted by Gasteiger charge is 2.09. The maximum absolute atomic E-state index is 5.85. The zero-order chi connectivity index (χ0) is 11.4. The van der Waals surface area contributed by atoms with Gasteiger partial charge in [-0.25, -0.2) is 0 Å². The van der Waals surface area contributed by atoms with Crippen molar-refractivity contribution in [2.75, 3.05) is 6.54 Å². The summed E-state index contributed by atoms with van der Waals surface area (Å²) in [6.07, 6.45) is 5.20. The summed E-state index contributed by atoms with van der Waals surface area (Å²) in [6, 6.07) is 13.0. The standard InChI is InChI=1S/C14H18N2/c1-2-12-5-7-13(8-6-12)14(11-15)16-9-3-4-10-16/h3-10,14H,2,11,15H2,1H3. The molecule has 2 rings (SSSR count). The number of aryl methyl sites for hydroxylation is 1. The molecule has 1 aromatic carbocycles. The number of aromatic nitrogens is 1. The van der Waals surface area contributed by atoms with E-state index in [0.29, 0.717) is 6.54 Å². The van der Waals surface area contributed by atoms with Crippen molar-refractivity contribution >= 4 is 0 Å². The highest BCUT2D eigenvalue weighted by atomic mass is 15.0. The minimum absolute atomic E-state index is 0.251. The van der Waals surface area contributed by atoms with Gasteiger partial charge >= 0.3 is 0 Å². The number of rotatable bonds is 4.